The highest BCUT2D eigenvalue weighted by Crippen LogP contribution is 2.36. The number of carbonyl (C=O) groups excluding carboxylic acids is 3. The zero-order valence-electron chi connectivity index (χ0n) is 18.2. The van der Waals surface area contributed by atoms with Crippen molar-refractivity contribution < 1.29 is 28.2 Å². The van der Waals surface area contributed by atoms with Crippen LogP contribution < -0.4 is 20.1 Å². The topological polar surface area (TPSA) is 107 Å². The van der Waals surface area contributed by atoms with Gasteiger partial charge in [-0.15, -0.1) is 0 Å². The molecule has 0 spiro atoms. The fourth-order valence-electron chi connectivity index (χ4n) is 3.91. The van der Waals surface area contributed by atoms with E-state index in [-0.39, 0.29) is 40.9 Å². The van der Waals surface area contributed by atoms with Crippen LogP contribution in [0.4, 0.5) is 10.2 Å². The molecule has 1 aromatic carbocycles. The number of carbonyl (C=O) groups is 3. The molecule has 2 aromatic rings. The number of pyridine rings is 1. The zero-order chi connectivity index (χ0) is 23.3. The van der Waals surface area contributed by atoms with Gasteiger partial charge >= 0.3 is 5.97 Å². The number of esters is 1. The van der Waals surface area contributed by atoms with Gasteiger partial charge in [-0.2, -0.15) is 0 Å². The van der Waals surface area contributed by atoms with Crippen LogP contribution in [0.25, 0.3) is 11.1 Å². The van der Waals surface area contributed by atoms with Crippen LogP contribution in [-0.4, -0.2) is 35.9 Å². The molecule has 32 heavy (non-hydrogen) atoms. The largest absolute Gasteiger partial charge is 0.496 e. The molecule has 0 radical (unpaired) electrons. The highest BCUT2D eigenvalue weighted by molar-refractivity contribution is 5.92. The van der Waals surface area contributed by atoms with E-state index < -0.39 is 11.8 Å². The van der Waals surface area contributed by atoms with Crippen LogP contribution in [0.5, 0.6) is 11.5 Å². The maximum absolute atomic E-state index is 14.6. The van der Waals surface area contributed by atoms with Gasteiger partial charge < -0.3 is 20.1 Å². The maximum atomic E-state index is 14.6. The van der Waals surface area contributed by atoms with Gasteiger partial charge in [0.1, 0.15) is 23.1 Å². The summed E-state index contributed by atoms with van der Waals surface area (Å²) in [5.74, 6) is -0.901. The Labute approximate surface area is 185 Å². The molecule has 1 saturated carbocycles. The highest BCUT2D eigenvalue weighted by atomic mass is 19.1. The molecule has 0 bridgehead atoms. The van der Waals surface area contributed by atoms with E-state index in [1.54, 1.807) is 6.07 Å². The van der Waals surface area contributed by atoms with Gasteiger partial charge in [0.25, 0.3) is 0 Å². The lowest BCUT2D eigenvalue weighted by Gasteiger charge is -2.28. The summed E-state index contributed by atoms with van der Waals surface area (Å²) in [6, 6.07) is 5.99. The first kappa shape index (κ1) is 23.2. The van der Waals surface area contributed by atoms with Crippen LogP contribution in [0.3, 0.4) is 0 Å². The molecule has 1 aliphatic carbocycles. The average molecular weight is 443 g/mol. The summed E-state index contributed by atoms with van der Waals surface area (Å²) >= 11 is 0. The molecule has 2 N–H and O–H groups in total. The molecule has 2 unspecified atom stereocenters. The summed E-state index contributed by atoms with van der Waals surface area (Å²) in [7, 11) is 1.42. The Hall–Kier alpha value is -3.49. The number of anilines is 1. The number of rotatable bonds is 6. The van der Waals surface area contributed by atoms with Crippen molar-refractivity contribution in [2.75, 3.05) is 12.4 Å². The summed E-state index contributed by atoms with van der Waals surface area (Å²) < 4.78 is 25.0. The van der Waals surface area contributed by atoms with Crippen LogP contribution in [0.2, 0.25) is 0 Å². The van der Waals surface area contributed by atoms with E-state index in [0.29, 0.717) is 24.2 Å². The molecular formula is C23H26FN3O5. The minimum Gasteiger partial charge on any atom is -0.496 e. The fraction of sp³-hybridized carbons (Fsp3) is 0.391. The Kier molecular flexibility index (Phi) is 7.40. The van der Waals surface area contributed by atoms with Crippen molar-refractivity contribution in [1.82, 2.24) is 10.3 Å². The van der Waals surface area contributed by atoms with Crippen LogP contribution in [0.1, 0.15) is 39.5 Å². The number of hydrogen-bond donors (Lipinski definition) is 2. The predicted molar refractivity (Wildman–Crippen MR) is 116 cm³/mol. The summed E-state index contributed by atoms with van der Waals surface area (Å²) in [6.07, 6.45) is 3.96. The third-order valence-corrected chi connectivity index (χ3v) is 5.28. The normalized spacial score (nSPS) is 17.9. The van der Waals surface area contributed by atoms with Gasteiger partial charge in [0, 0.05) is 43.0 Å². The van der Waals surface area contributed by atoms with Gasteiger partial charge in [-0.25, -0.2) is 9.37 Å². The first-order chi connectivity index (χ1) is 15.3. The van der Waals surface area contributed by atoms with Gasteiger partial charge in [0.2, 0.25) is 11.8 Å². The van der Waals surface area contributed by atoms with Crippen molar-refractivity contribution in [3.8, 4) is 22.6 Å². The smallest absolute Gasteiger partial charge is 0.308 e. The van der Waals surface area contributed by atoms with Crippen molar-refractivity contribution in [2.45, 2.75) is 45.6 Å². The van der Waals surface area contributed by atoms with Gasteiger partial charge in [-0.3, -0.25) is 14.4 Å². The molecular weight excluding hydrogens is 417 g/mol. The van der Waals surface area contributed by atoms with Gasteiger partial charge in [-0.1, -0.05) is 6.42 Å². The number of benzene rings is 1. The average Bonchev–Trinajstić information content (AvgIpc) is 2.74. The van der Waals surface area contributed by atoms with Gasteiger partial charge in [0.05, 0.1) is 13.3 Å². The van der Waals surface area contributed by atoms with Crippen LogP contribution >= 0.6 is 0 Å². The van der Waals surface area contributed by atoms with E-state index in [1.807, 2.05) is 0 Å². The maximum Gasteiger partial charge on any atom is 0.308 e. The molecule has 1 heterocycles. The summed E-state index contributed by atoms with van der Waals surface area (Å²) in [5.41, 5.74) is 0.600. The SMILES string of the molecule is COc1cc(OC(C)=O)ccc1-c1cc(NC(=O)C2CCCC(NC(C)=O)C2)ncc1F. The van der Waals surface area contributed by atoms with Gasteiger partial charge in [0.15, 0.2) is 0 Å². The number of hydrogen-bond acceptors (Lipinski definition) is 6. The van der Waals surface area contributed by atoms with Crippen molar-refractivity contribution in [1.29, 1.82) is 0 Å². The molecule has 3 rings (SSSR count). The second-order valence-electron chi connectivity index (χ2n) is 7.76. The lowest BCUT2D eigenvalue weighted by molar-refractivity contribution is -0.132. The quantitative estimate of drug-likeness (QED) is 0.523. The van der Waals surface area contributed by atoms with E-state index in [0.717, 1.165) is 19.0 Å². The lowest BCUT2D eigenvalue weighted by Crippen LogP contribution is -2.40. The van der Waals surface area contributed by atoms with Crippen LogP contribution in [0.15, 0.2) is 30.5 Å². The first-order valence-electron chi connectivity index (χ1n) is 10.4. The van der Waals surface area contributed by atoms with Gasteiger partial charge in [-0.05, 0) is 37.5 Å². The van der Waals surface area contributed by atoms with E-state index in [4.69, 9.17) is 9.47 Å². The lowest BCUT2D eigenvalue weighted by atomic mass is 9.85. The van der Waals surface area contributed by atoms with E-state index in [1.165, 1.54) is 39.2 Å². The fourth-order valence-corrected chi connectivity index (χ4v) is 3.91. The minimum absolute atomic E-state index is 0.0336. The Morgan fingerprint density at radius 3 is 2.59 bits per heavy atom. The molecule has 1 fully saturated rings. The predicted octanol–water partition coefficient (Wildman–Crippen LogP) is 3.46. The van der Waals surface area contributed by atoms with E-state index in [9.17, 15) is 18.8 Å². The monoisotopic (exact) mass is 443 g/mol. The van der Waals surface area contributed by atoms with Crippen molar-refractivity contribution in [3.05, 3.63) is 36.3 Å². The van der Waals surface area contributed by atoms with Crippen LogP contribution in [0, 0.1) is 11.7 Å². The number of aromatic nitrogens is 1. The second kappa shape index (κ2) is 10.2. The molecule has 2 amide bonds. The molecule has 1 aliphatic rings. The minimum atomic E-state index is -0.593. The summed E-state index contributed by atoms with van der Waals surface area (Å²) in [6.45, 7) is 2.74. The van der Waals surface area contributed by atoms with Crippen molar-refractivity contribution in [2.24, 2.45) is 5.92 Å². The Bertz CT molecular complexity index is 1030. The number of amides is 2. The molecule has 0 saturated heterocycles. The Balaban J connectivity index is 1.79. The van der Waals surface area contributed by atoms with Crippen molar-refractivity contribution in [3.63, 3.8) is 0 Å². The molecule has 0 aliphatic heterocycles. The highest BCUT2D eigenvalue weighted by Gasteiger charge is 2.28. The summed E-state index contributed by atoms with van der Waals surface area (Å²) in [5, 5.41) is 5.63. The number of ether oxygens (including phenoxy) is 2. The first-order valence-corrected chi connectivity index (χ1v) is 10.4. The van der Waals surface area contributed by atoms with E-state index in [2.05, 4.69) is 15.6 Å². The zero-order valence-corrected chi connectivity index (χ0v) is 18.2. The van der Waals surface area contributed by atoms with E-state index >= 15 is 0 Å². The third-order valence-electron chi connectivity index (χ3n) is 5.28. The Morgan fingerprint density at radius 1 is 1.12 bits per heavy atom. The molecule has 9 heteroatoms. The molecule has 2 atom stereocenters. The molecule has 170 valence electrons. The number of halogens is 1. The number of methoxy groups -OCH3 is 1. The molecule has 8 nitrogen and oxygen atoms in total. The number of nitrogens with one attached hydrogen (secondary N) is 2. The van der Waals surface area contributed by atoms with Crippen molar-refractivity contribution >= 4 is 23.6 Å². The number of nitrogens with zero attached hydrogens (tertiary/aromatic N) is 1. The Morgan fingerprint density at radius 2 is 1.91 bits per heavy atom. The third kappa shape index (κ3) is 5.81. The second-order valence-corrected chi connectivity index (χ2v) is 7.76. The van der Waals surface area contributed by atoms with Crippen LogP contribution in [-0.2, 0) is 14.4 Å². The molecule has 1 aromatic heterocycles. The standard InChI is InChI=1S/C23H26FN3O5/c1-13(28)26-16-6-4-5-15(9-16)23(30)27-22-11-19(20(24)12-25-22)18-8-7-17(32-14(2)29)10-21(18)31-3/h7-8,10-12,15-16H,4-6,9H2,1-3H3,(H,26,28)(H,25,27,30). The summed E-state index contributed by atoms with van der Waals surface area (Å²) in [4.78, 5) is 39.3.